The summed E-state index contributed by atoms with van der Waals surface area (Å²) in [6, 6.07) is 2.25. The second kappa shape index (κ2) is 4.75. The molecular weight excluding hydrogens is 304 g/mol. The standard InChI is InChI=1S/C9H6Cl2FN3O2S/c10-7-1-5(2-8(11)9(7)12)15-18(16,17)6-3-13-14-4-6/h1-4,15H,(H,13,14). The summed E-state index contributed by atoms with van der Waals surface area (Å²) in [7, 11) is -3.80. The average molecular weight is 310 g/mol. The molecule has 5 nitrogen and oxygen atoms in total. The van der Waals surface area contributed by atoms with Crippen LogP contribution in [0.3, 0.4) is 0 Å². The fraction of sp³-hybridized carbons (Fsp3) is 0. The fourth-order valence-electron chi connectivity index (χ4n) is 1.21. The number of anilines is 1. The van der Waals surface area contributed by atoms with E-state index in [0.29, 0.717) is 0 Å². The lowest BCUT2D eigenvalue weighted by atomic mass is 10.3. The molecule has 0 aliphatic carbocycles. The van der Waals surface area contributed by atoms with Gasteiger partial charge in [-0.25, -0.2) is 12.8 Å². The van der Waals surface area contributed by atoms with Crippen LogP contribution in [0.2, 0.25) is 10.0 Å². The summed E-state index contributed by atoms with van der Waals surface area (Å²) in [5, 5.41) is 5.35. The lowest BCUT2D eigenvalue weighted by Gasteiger charge is -2.07. The third-order valence-electron chi connectivity index (χ3n) is 2.02. The van der Waals surface area contributed by atoms with E-state index in [2.05, 4.69) is 14.9 Å². The number of H-pyrrole nitrogens is 1. The maximum absolute atomic E-state index is 13.2. The number of halogens is 3. The molecule has 1 heterocycles. The van der Waals surface area contributed by atoms with Gasteiger partial charge in [0, 0.05) is 6.20 Å². The van der Waals surface area contributed by atoms with Crippen molar-refractivity contribution in [2.75, 3.05) is 4.72 Å². The Kier molecular flexibility index (Phi) is 3.47. The fourth-order valence-corrected chi connectivity index (χ4v) is 2.65. The summed E-state index contributed by atoms with van der Waals surface area (Å²) in [4.78, 5) is -0.0564. The predicted molar refractivity (Wildman–Crippen MR) is 65.8 cm³/mol. The van der Waals surface area contributed by atoms with E-state index in [9.17, 15) is 12.8 Å². The van der Waals surface area contributed by atoms with Gasteiger partial charge in [0.1, 0.15) is 4.90 Å². The number of benzene rings is 1. The molecule has 0 aliphatic rings. The van der Waals surface area contributed by atoms with Gasteiger partial charge in [-0.15, -0.1) is 0 Å². The molecule has 0 radical (unpaired) electrons. The summed E-state index contributed by atoms with van der Waals surface area (Å²) in [6.45, 7) is 0. The zero-order chi connectivity index (χ0) is 13.3. The molecule has 2 N–H and O–H groups in total. The van der Waals surface area contributed by atoms with Gasteiger partial charge in [-0.2, -0.15) is 5.10 Å². The highest BCUT2D eigenvalue weighted by molar-refractivity contribution is 7.92. The number of aromatic amines is 1. The number of hydrogen-bond acceptors (Lipinski definition) is 3. The van der Waals surface area contributed by atoms with E-state index in [4.69, 9.17) is 23.2 Å². The summed E-state index contributed by atoms with van der Waals surface area (Å²) >= 11 is 11.1. The van der Waals surface area contributed by atoms with Crippen LogP contribution in [0.4, 0.5) is 10.1 Å². The summed E-state index contributed by atoms with van der Waals surface area (Å²) in [6.07, 6.45) is 2.34. The highest BCUT2D eigenvalue weighted by atomic mass is 35.5. The number of hydrogen-bond donors (Lipinski definition) is 2. The lowest BCUT2D eigenvalue weighted by molar-refractivity contribution is 0.601. The van der Waals surface area contributed by atoms with E-state index in [-0.39, 0.29) is 20.6 Å². The van der Waals surface area contributed by atoms with Crippen LogP contribution in [0.1, 0.15) is 0 Å². The quantitative estimate of drug-likeness (QED) is 0.856. The minimum Gasteiger partial charge on any atom is -0.284 e. The van der Waals surface area contributed by atoms with Crippen LogP contribution in [-0.2, 0) is 10.0 Å². The van der Waals surface area contributed by atoms with Gasteiger partial charge in [0.25, 0.3) is 10.0 Å². The minimum absolute atomic E-state index is 0.0564. The van der Waals surface area contributed by atoms with Crippen LogP contribution >= 0.6 is 23.2 Å². The van der Waals surface area contributed by atoms with Gasteiger partial charge in [-0.3, -0.25) is 9.82 Å². The summed E-state index contributed by atoms with van der Waals surface area (Å²) < 4.78 is 39.0. The number of sulfonamides is 1. The molecule has 0 unspecified atom stereocenters. The molecule has 0 amide bonds. The van der Waals surface area contributed by atoms with Crippen LogP contribution in [0, 0.1) is 5.82 Å². The van der Waals surface area contributed by atoms with Crippen LogP contribution in [0.25, 0.3) is 0 Å². The zero-order valence-corrected chi connectivity index (χ0v) is 10.9. The molecule has 0 spiro atoms. The SMILES string of the molecule is O=S(=O)(Nc1cc(Cl)c(F)c(Cl)c1)c1cn[nH]c1. The van der Waals surface area contributed by atoms with E-state index < -0.39 is 15.8 Å². The molecule has 96 valence electrons. The predicted octanol–water partition coefficient (Wildman–Crippen LogP) is 2.66. The number of nitrogens with one attached hydrogen (secondary N) is 2. The van der Waals surface area contributed by atoms with Gasteiger partial charge in [0.2, 0.25) is 0 Å². The van der Waals surface area contributed by atoms with E-state index in [0.717, 1.165) is 18.3 Å². The number of rotatable bonds is 3. The van der Waals surface area contributed by atoms with Crippen molar-refractivity contribution in [3.63, 3.8) is 0 Å². The van der Waals surface area contributed by atoms with Gasteiger partial charge in [0.05, 0.1) is 21.9 Å². The van der Waals surface area contributed by atoms with Crippen molar-refractivity contribution in [3.05, 3.63) is 40.4 Å². The molecular formula is C9H6Cl2FN3O2S. The maximum Gasteiger partial charge on any atom is 0.265 e. The van der Waals surface area contributed by atoms with Crippen molar-refractivity contribution < 1.29 is 12.8 Å². The molecule has 0 saturated heterocycles. The molecule has 0 saturated carbocycles. The highest BCUT2D eigenvalue weighted by Crippen LogP contribution is 2.28. The minimum atomic E-state index is -3.80. The monoisotopic (exact) mass is 309 g/mol. The summed E-state index contributed by atoms with van der Waals surface area (Å²) in [5.41, 5.74) is 0.0626. The molecule has 0 aliphatic heterocycles. The van der Waals surface area contributed by atoms with Gasteiger partial charge in [-0.1, -0.05) is 23.2 Å². The van der Waals surface area contributed by atoms with Crippen molar-refractivity contribution in [3.8, 4) is 0 Å². The molecule has 2 aromatic rings. The van der Waals surface area contributed by atoms with E-state index >= 15 is 0 Å². The topological polar surface area (TPSA) is 74.8 Å². The highest BCUT2D eigenvalue weighted by Gasteiger charge is 2.17. The molecule has 2 rings (SSSR count). The molecule has 18 heavy (non-hydrogen) atoms. The third-order valence-corrected chi connectivity index (χ3v) is 3.92. The Balaban J connectivity index is 2.36. The number of nitrogens with zero attached hydrogens (tertiary/aromatic N) is 1. The second-order valence-corrected chi connectivity index (χ2v) is 5.79. The van der Waals surface area contributed by atoms with Gasteiger partial charge >= 0.3 is 0 Å². The molecule has 0 bridgehead atoms. The number of aromatic nitrogens is 2. The first-order chi connectivity index (χ1) is 8.40. The zero-order valence-electron chi connectivity index (χ0n) is 8.62. The van der Waals surface area contributed by atoms with Gasteiger partial charge in [0.15, 0.2) is 5.82 Å². The smallest absolute Gasteiger partial charge is 0.265 e. The van der Waals surface area contributed by atoms with E-state index in [1.54, 1.807) is 0 Å². The average Bonchev–Trinajstić information content (AvgIpc) is 2.79. The maximum atomic E-state index is 13.2. The first-order valence-corrected chi connectivity index (χ1v) is 6.80. The molecule has 0 fully saturated rings. The molecule has 1 aromatic heterocycles. The first kappa shape index (κ1) is 13.1. The van der Waals surface area contributed by atoms with Gasteiger partial charge < -0.3 is 0 Å². The molecule has 1 aromatic carbocycles. The Hall–Kier alpha value is -1.31. The Bertz CT molecular complexity index is 650. The van der Waals surface area contributed by atoms with Crippen molar-refractivity contribution in [1.82, 2.24) is 10.2 Å². The van der Waals surface area contributed by atoms with E-state index in [1.807, 2.05) is 0 Å². The Morgan fingerprint density at radius 3 is 2.39 bits per heavy atom. The molecule has 9 heteroatoms. The third kappa shape index (κ3) is 2.58. The second-order valence-electron chi connectivity index (χ2n) is 3.29. The Morgan fingerprint density at radius 2 is 1.89 bits per heavy atom. The lowest BCUT2D eigenvalue weighted by Crippen LogP contribution is -2.12. The van der Waals surface area contributed by atoms with Crippen LogP contribution in [-0.4, -0.2) is 18.6 Å². The van der Waals surface area contributed by atoms with E-state index in [1.165, 1.54) is 6.20 Å². The van der Waals surface area contributed by atoms with Crippen LogP contribution in [0.15, 0.2) is 29.4 Å². The van der Waals surface area contributed by atoms with Crippen molar-refractivity contribution in [2.45, 2.75) is 4.90 Å². The normalized spacial score (nSPS) is 11.5. The summed E-state index contributed by atoms with van der Waals surface area (Å²) in [5.74, 6) is -0.801. The van der Waals surface area contributed by atoms with Crippen LogP contribution in [0.5, 0.6) is 0 Å². The largest absolute Gasteiger partial charge is 0.284 e. The van der Waals surface area contributed by atoms with Crippen LogP contribution < -0.4 is 4.72 Å². The van der Waals surface area contributed by atoms with Crippen molar-refractivity contribution in [2.24, 2.45) is 0 Å². The Morgan fingerprint density at radius 1 is 1.28 bits per heavy atom. The Labute approximate surface area is 112 Å². The molecule has 0 atom stereocenters. The van der Waals surface area contributed by atoms with Crippen molar-refractivity contribution >= 4 is 38.9 Å². The van der Waals surface area contributed by atoms with Crippen molar-refractivity contribution in [1.29, 1.82) is 0 Å². The first-order valence-electron chi connectivity index (χ1n) is 4.56. The van der Waals surface area contributed by atoms with Gasteiger partial charge in [-0.05, 0) is 12.1 Å².